The van der Waals surface area contributed by atoms with Crippen molar-refractivity contribution in [1.29, 1.82) is 0 Å². The van der Waals surface area contributed by atoms with Crippen LogP contribution in [0.2, 0.25) is 0 Å². The SMILES string of the molecule is CC/C=C\C/C=C\C/C=C\C/C=C\C/C=C\CCCC(=O)OCC(COC(=O)CCCCCCC/C=C\C/C=C\CCCC)OC(=O)CCCCCCC/C=C\C/C=C\C/C=C\CC. The molecule has 6 nitrogen and oxygen atoms in total. The molecule has 0 aliphatic carbocycles. The molecular weight excluding hydrogens is 793 g/mol. The number of rotatable bonds is 44. The third-order valence-electron chi connectivity index (χ3n) is 10.2. The van der Waals surface area contributed by atoms with Crippen molar-refractivity contribution in [3.63, 3.8) is 0 Å². The smallest absolute Gasteiger partial charge is 0.306 e. The van der Waals surface area contributed by atoms with Crippen molar-refractivity contribution < 1.29 is 28.6 Å². The van der Waals surface area contributed by atoms with Crippen LogP contribution in [0.15, 0.2) is 122 Å². The molecule has 0 aromatic carbocycles. The lowest BCUT2D eigenvalue weighted by Crippen LogP contribution is -2.30. The highest BCUT2D eigenvalue weighted by Crippen LogP contribution is 2.12. The quantitative estimate of drug-likeness (QED) is 0.0262. The molecule has 0 spiro atoms. The minimum absolute atomic E-state index is 0.114. The zero-order valence-corrected chi connectivity index (χ0v) is 41.0. The van der Waals surface area contributed by atoms with Gasteiger partial charge in [0.2, 0.25) is 0 Å². The van der Waals surface area contributed by atoms with Gasteiger partial charge in [0.05, 0.1) is 0 Å². The van der Waals surface area contributed by atoms with E-state index in [1.807, 2.05) is 0 Å². The van der Waals surface area contributed by atoms with Gasteiger partial charge in [-0.3, -0.25) is 14.4 Å². The minimum Gasteiger partial charge on any atom is -0.462 e. The van der Waals surface area contributed by atoms with Gasteiger partial charge >= 0.3 is 17.9 Å². The van der Waals surface area contributed by atoms with Crippen molar-refractivity contribution in [2.24, 2.45) is 0 Å². The first-order valence-corrected chi connectivity index (χ1v) is 25.5. The number of esters is 3. The number of allylic oxidation sites excluding steroid dienone is 20. The van der Waals surface area contributed by atoms with E-state index < -0.39 is 6.10 Å². The topological polar surface area (TPSA) is 78.9 Å². The molecule has 0 aromatic rings. The number of hydrogen-bond acceptors (Lipinski definition) is 6. The van der Waals surface area contributed by atoms with Crippen LogP contribution in [0, 0.1) is 0 Å². The van der Waals surface area contributed by atoms with Crippen LogP contribution in [0.5, 0.6) is 0 Å². The predicted octanol–water partition coefficient (Wildman–Crippen LogP) is 16.9. The fourth-order valence-electron chi connectivity index (χ4n) is 6.39. The molecule has 0 radical (unpaired) electrons. The Morgan fingerprint density at radius 3 is 1.02 bits per heavy atom. The fraction of sp³-hybridized carbons (Fsp3) is 0.603. The zero-order chi connectivity index (χ0) is 46.5. The van der Waals surface area contributed by atoms with Gasteiger partial charge in [-0.1, -0.05) is 194 Å². The summed E-state index contributed by atoms with van der Waals surface area (Å²) in [5.74, 6) is -1.01. The molecular formula is C58H92O6. The first-order valence-electron chi connectivity index (χ1n) is 25.5. The van der Waals surface area contributed by atoms with E-state index in [0.29, 0.717) is 12.8 Å². The lowest BCUT2D eigenvalue weighted by Gasteiger charge is -2.18. The predicted molar refractivity (Wildman–Crippen MR) is 274 cm³/mol. The average Bonchev–Trinajstić information content (AvgIpc) is 3.29. The molecule has 0 heterocycles. The molecule has 0 saturated carbocycles. The molecule has 1 atom stereocenters. The Bertz CT molecular complexity index is 1390. The molecule has 0 amide bonds. The number of carbonyl (C=O) groups excluding carboxylic acids is 3. The molecule has 1 unspecified atom stereocenters. The number of hydrogen-bond donors (Lipinski definition) is 0. The summed E-state index contributed by atoms with van der Waals surface area (Å²) in [6, 6.07) is 0. The zero-order valence-electron chi connectivity index (χ0n) is 41.0. The molecule has 0 bridgehead atoms. The van der Waals surface area contributed by atoms with E-state index in [4.69, 9.17) is 14.2 Å². The Balaban J connectivity index is 4.55. The van der Waals surface area contributed by atoms with Crippen molar-refractivity contribution in [1.82, 2.24) is 0 Å². The normalized spacial score (nSPS) is 13.1. The Labute approximate surface area is 392 Å². The van der Waals surface area contributed by atoms with Gasteiger partial charge in [-0.2, -0.15) is 0 Å². The lowest BCUT2D eigenvalue weighted by molar-refractivity contribution is -0.167. The minimum atomic E-state index is -0.819. The maximum Gasteiger partial charge on any atom is 0.306 e. The first kappa shape index (κ1) is 59.8. The Hall–Kier alpha value is -4.19. The summed E-state index contributed by atoms with van der Waals surface area (Å²) in [6.07, 6.45) is 70.4. The Morgan fingerprint density at radius 2 is 0.625 bits per heavy atom. The molecule has 0 aromatic heterocycles. The maximum absolute atomic E-state index is 12.8. The van der Waals surface area contributed by atoms with Crippen LogP contribution >= 0.6 is 0 Å². The van der Waals surface area contributed by atoms with Gasteiger partial charge in [0.15, 0.2) is 6.10 Å². The second-order valence-electron chi connectivity index (χ2n) is 16.3. The van der Waals surface area contributed by atoms with Crippen molar-refractivity contribution in [2.75, 3.05) is 13.2 Å². The summed E-state index contributed by atoms with van der Waals surface area (Å²) in [7, 11) is 0. The number of carbonyl (C=O) groups is 3. The molecule has 0 aliphatic rings. The summed E-state index contributed by atoms with van der Waals surface area (Å²) in [4.78, 5) is 38.0. The van der Waals surface area contributed by atoms with Gasteiger partial charge in [-0.25, -0.2) is 0 Å². The molecule has 0 aliphatic heterocycles. The second-order valence-corrected chi connectivity index (χ2v) is 16.3. The molecule has 0 rings (SSSR count). The van der Waals surface area contributed by atoms with Gasteiger partial charge < -0.3 is 14.2 Å². The van der Waals surface area contributed by atoms with Gasteiger partial charge in [-0.15, -0.1) is 0 Å². The van der Waals surface area contributed by atoms with Gasteiger partial charge in [0.1, 0.15) is 13.2 Å². The van der Waals surface area contributed by atoms with E-state index in [1.165, 1.54) is 19.3 Å². The lowest BCUT2D eigenvalue weighted by atomic mass is 10.1. The highest BCUT2D eigenvalue weighted by atomic mass is 16.6. The maximum atomic E-state index is 12.8. The highest BCUT2D eigenvalue weighted by Gasteiger charge is 2.19. The van der Waals surface area contributed by atoms with Crippen LogP contribution in [0.1, 0.15) is 207 Å². The summed E-state index contributed by atoms with van der Waals surface area (Å²) < 4.78 is 16.7. The standard InChI is InChI=1S/C58H92O6/c1-4-7-10-13-16-19-22-25-28-29-31-33-36-39-42-45-48-51-57(60)63-54-55(53-62-56(59)50-47-44-41-38-35-32-27-24-21-18-15-12-9-6-3)64-58(61)52-49-46-43-40-37-34-30-26-23-20-17-14-11-8-5-2/h7-8,10-11,15-20,24-28,30-31,33,39,42,55H,4-6,9,12-14,21-23,29,32,34-38,40-41,43-54H2,1-3H3/b10-7-,11-8-,18-15-,19-16-,20-17-,27-24-,28-25-,30-26-,33-31-,42-39-. The van der Waals surface area contributed by atoms with Gasteiger partial charge in [0.25, 0.3) is 0 Å². The van der Waals surface area contributed by atoms with Crippen LogP contribution in [-0.4, -0.2) is 37.2 Å². The van der Waals surface area contributed by atoms with Crippen molar-refractivity contribution in [2.45, 2.75) is 213 Å². The van der Waals surface area contributed by atoms with Crippen LogP contribution in [0.4, 0.5) is 0 Å². The summed E-state index contributed by atoms with van der Waals surface area (Å²) in [5.41, 5.74) is 0. The molecule has 0 fully saturated rings. The number of unbranched alkanes of at least 4 members (excludes halogenated alkanes) is 13. The summed E-state index contributed by atoms with van der Waals surface area (Å²) >= 11 is 0. The van der Waals surface area contributed by atoms with Crippen LogP contribution in [0.3, 0.4) is 0 Å². The van der Waals surface area contributed by atoms with Crippen LogP contribution in [-0.2, 0) is 28.6 Å². The molecule has 64 heavy (non-hydrogen) atoms. The number of ether oxygens (including phenoxy) is 3. The molecule has 0 N–H and O–H groups in total. The van der Waals surface area contributed by atoms with Crippen molar-refractivity contribution in [3.8, 4) is 0 Å². The highest BCUT2D eigenvalue weighted by molar-refractivity contribution is 5.71. The largest absolute Gasteiger partial charge is 0.462 e. The summed E-state index contributed by atoms with van der Waals surface area (Å²) in [6.45, 7) is 6.27. The van der Waals surface area contributed by atoms with Gasteiger partial charge in [0, 0.05) is 19.3 Å². The third-order valence-corrected chi connectivity index (χ3v) is 10.2. The third kappa shape index (κ3) is 48.8. The second kappa shape index (κ2) is 51.4. The van der Waals surface area contributed by atoms with E-state index in [1.54, 1.807) is 0 Å². The van der Waals surface area contributed by atoms with Crippen LogP contribution < -0.4 is 0 Å². The fourth-order valence-corrected chi connectivity index (χ4v) is 6.39. The monoisotopic (exact) mass is 885 g/mol. The van der Waals surface area contributed by atoms with E-state index in [0.717, 1.165) is 141 Å². The first-order chi connectivity index (χ1) is 31.5. The van der Waals surface area contributed by atoms with E-state index in [9.17, 15) is 14.4 Å². The Morgan fingerprint density at radius 1 is 0.328 bits per heavy atom. The van der Waals surface area contributed by atoms with E-state index >= 15 is 0 Å². The van der Waals surface area contributed by atoms with E-state index in [2.05, 4.69) is 142 Å². The van der Waals surface area contributed by atoms with Crippen molar-refractivity contribution >= 4 is 17.9 Å². The molecule has 0 saturated heterocycles. The van der Waals surface area contributed by atoms with E-state index in [-0.39, 0.29) is 44.0 Å². The summed E-state index contributed by atoms with van der Waals surface area (Å²) in [5, 5.41) is 0. The van der Waals surface area contributed by atoms with Gasteiger partial charge in [-0.05, 0) is 116 Å². The average molecular weight is 885 g/mol. The molecule has 360 valence electrons. The molecule has 6 heteroatoms. The van der Waals surface area contributed by atoms with Crippen LogP contribution in [0.25, 0.3) is 0 Å². The van der Waals surface area contributed by atoms with Crippen molar-refractivity contribution in [3.05, 3.63) is 122 Å². The Kier molecular flexibility index (Phi) is 48.1.